The van der Waals surface area contributed by atoms with E-state index in [2.05, 4.69) is 48.3 Å². The predicted octanol–water partition coefficient (Wildman–Crippen LogP) is 3.19. The van der Waals surface area contributed by atoms with Crippen LogP contribution in [0.3, 0.4) is 0 Å². The highest BCUT2D eigenvalue weighted by atomic mass is 16.5. The van der Waals surface area contributed by atoms with Gasteiger partial charge in [0.2, 0.25) is 0 Å². The molecule has 0 saturated heterocycles. The number of hydrogen-bond donors (Lipinski definition) is 1. The number of rotatable bonds is 5. The number of fused-ring (bicyclic) bond motifs is 1. The van der Waals surface area contributed by atoms with Crippen LogP contribution in [-0.4, -0.2) is 31.8 Å². The van der Waals surface area contributed by atoms with Gasteiger partial charge in [-0.25, -0.2) is 0 Å². The molecule has 1 N–H and O–H groups in total. The van der Waals surface area contributed by atoms with E-state index in [1.807, 2.05) is 0 Å². The van der Waals surface area contributed by atoms with E-state index in [9.17, 15) is 0 Å². The van der Waals surface area contributed by atoms with Crippen LogP contribution >= 0.6 is 0 Å². The van der Waals surface area contributed by atoms with Gasteiger partial charge in [0.25, 0.3) is 0 Å². The molecule has 1 fully saturated rings. The highest BCUT2D eigenvalue weighted by Crippen LogP contribution is 2.42. The van der Waals surface area contributed by atoms with E-state index in [-0.39, 0.29) is 5.54 Å². The lowest BCUT2D eigenvalue weighted by Gasteiger charge is -2.38. The Bertz CT molecular complexity index is 486. The number of para-hydroxylation sites is 1. The maximum Gasteiger partial charge on any atom is 0.0481 e. The molecule has 0 amide bonds. The molecule has 3 rings (SSSR count). The summed E-state index contributed by atoms with van der Waals surface area (Å²) in [5.74, 6) is 0.837. The van der Waals surface area contributed by atoms with Crippen molar-refractivity contribution in [2.24, 2.45) is 5.92 Å². The maximum absolute atomic E-state index is 5.29. The number of ether oxygens (including phenoxy) is 1. The summed E-state index contributed by atoms with van der Waals surface area (Å²) in [6.45, 7) is 7.64. The topological polar surface area (TPSA) is 24.5 Å². The number of nitrogens with zero attached hydrogens (tertiary/aromatic N) is 1. The number of anilines is 1. The van der Waals surface area contributed by atoms with Gasteiger partial charge in [0.15, 0.2) is 0 Å². The Morgan fingerprint density at radius 1 is 1.38 bits per heavy atom. The summed E-state index contributed by atoms with van der Waals surface area (Å²) < 4.78 is 5.29. The van der Waals surface area contributed by atoms with E-state index in [1.165, 1.54) is 24.1 Å². The Morgan fingerprint density at radius 2 is 2.14 bits per heavy atom. The molecule has 21 heavy (non-hydrogen) atoms. The molecule has 1 saturated carbocycles. The molecule has 1 aliphatic heterocycles. The van der Waals surface area contributed by atoms with Gasteiger partial charge in [-0.3, -0.25) is 0 Å². The smallest absolute Gasteiger partial charge is 0.0481 e. The van der Waals surface area contributed by atoms with Crippen molar-refractivity contribution in [1.82, 2.24) is 5.32 Å². The number of benzene rings is 1. The van der Waals surface area contributed by atoms with Gasteiger partial charge in [-0.2, -0.15) is 0 Å². The molecular formula is C18H28N2O. The van der Waals surface area contributed by atoms with Crippen LogP contribution in [0.25, 0.3) is 0 Å². The van der Waals surface area contributed by atoms with Crippen LogP contribution in [0.5, 0.6) is 0 Å². The van der Waals surface area contributed by atoms with Gasteiger partial charge in [0.1, 0.15) is 0 Å². The van der Waals surface area contributed by atoms with Crippen LogP contribution in [0.2, 0.25) is 0 Å². The minimum Gasteiger partial charge on any atom is -0.385 e. The molecule has 2 atom stereocenters. The lowest BCUT2D eigenvalue weighted by molar-refractivity contribution is 0.186. The molecule has 1 aromatic carbocycles. The fourth-order valence-electron chi connectivity index (χ4n) is 3.56. The van der Waals surface area contributed by atoms with Crippen molar-refractivity contribution in [2.45, 2.75) is 51.2 Å². The molecule has 116 valence electrons. The Kier molecular flexibility index (Phi) is 4.23. The fraction of sp³-hybridized carbons (Fsp3) is 0.667. The van der Waals surface area contributed by atoms with Crippen molar-refractivity contribution >= 4 is 5.69 Å². The van der Waals surface area contributed by atoms with E-state index in [1.54, 1.807) is 7.11 Å². The Labute approximate surface area is 128 Å². The zero-order valence-corrected chi connectivity index (χ0v) is 13.6. The molecule has 1 aromatic rings. The van der Waals surface area contributed by atoms with Gasteiger partial charge in [-0.1, -0.05) is 18.2 Å². The fourth-order valence-corrected chi connectivity index (χ4v) is 3.56. The van der Waals surface area contributed by atoms with Gasteiger partial charge < -0.3 is 15.0 Å². The van der Waals surface area contributed by atoms with Gasteiger partial charge >= 0.3 is 0 Å². The molecule has 1 heterocycles. The first-order valence-electron chi connectivity index (χ1n) is 8.22. The zero-order valence-electron chi connectivity index (χ0n) is 13.6. The minimum atomic E-state index is 0.236. The molecule has 1 aliphatic carbocycles. The lowest BCUT2D eigenvalue weighted by Crippen LogP contribution is -2.53. The lowest BCUT2D eigenvalue weighted by atomic mass is 9.94. The number of hydrogen-bond acceptors (Lipinski definition) is 3. The monoisotopic (exact) mass is 288 g/mol. The normalized spacial score (nSPS) is 27.1. The molecule has 3 nitrogen and oxygen atoms in total. The van der Waals surface area contributed by atoms with Crippen molar-refractivity contribution in [1.29, 1.82) is 0 Å². The van der Waals surface area contributed by atoms with E-state index < -0.39 is 0 Å². The van der Waals surface area contributed by atoms with Crippen LogP contribution in [0, 0.1) is 5.92 Å². The van der Waals surface area contributed by atoms with Gasteiger partial charge in [0, 0.05) is 44.1 Å². The average Bonchev–Trinajstić information content (AvgIpc) is 3.33. The summed E-state index contributed by atoms with van der Waals surface area (Å²) in [7, 11) is 1.79. The van der Waals surface area contributed by atoms with Crippen molar-refractivity contribution in [2.75, 3.05) is 25.2 Å². The zero-order chi connectivity index (χ0) is 14.9. The van der Waals surface area contributed by atoms with E-state index >= 15 is 0 Å². The molecule has 2 aliphatic rings. The third-order valence-electron chi connectivity index (χ3n) is 5.23. The molecule has 0 aromatic heterocycles. The molecule has 2 unspecified atom stereocenters. The van der Waals surface area contributed by atoms with Crippen molar-refractivity contribution < 1.29 is 4.74 Å². The predicted molar refractivity (Wildman–Crippen MR) is 87.7 cm³/mol. The Hall–Kier alpha value is -1.06. The highest BCUT2D eigenvalue weighted by Gasteiger charge is 2.44. The second-order valence-corrected chi connectivity index (χ2v) is 6.93. The average molecular weight is 288 g/mol. The number of methoxy groups -OCH3 is 1. The summed E-state index contributed by atoms with van der Waals surface area (Å²) in [6.07, 6.45) is 3.83. The van der Waals surface area contributed by atoms with Crippen LogP contribution in [0.1, 0.15) is 38.7 Å². The van der Waals surface area contributed by atoms with E-state index in [4.69, 9.17) is 4.74 Å². The Morgan fingerprint density at radius 3 is 2.86 bits per heavy atom. The molecule has 0 bridgehead atoms. The second-order valence-electron chi connectivity index (χ2n) is 6.93. The van der Waals surface area contributed by atoms with Crippen LogP contribution in [-0.2, 0) is 11.3 Å². The molecule has 0 spiro atoms. The molecular weight excluding hydrogens is 260 g/mol. The molecule has 3 heteroatoms. The van der Waals surface area contributed by atoms with Gasteiger partial charge in [0.05, 0.1) is 0 Å². The van der Waals surface area contributed by atoms with Crippen LogP contribution in [0.4, 0.5) is 5.69 Å². The quantitative estimate of drug-likeness (QED) is 0.900. The summed E-state index contributed by atoms with van der Waals surface area (Å²) in [4.78, 5) is 2.60. The summed E-state index contributed by atoms with van der Waals surface area (Å²) in [6, 6.07) is 9.35. The summed E-state index contributed by atoms with van der Waals surface area (Å²) >= 11 is 0. The Balaban J connectivity index is 1.88. The largest absolute Gasteiger partial charge is 0.385 e. The first-order chi connectivity index (χ1) is 10.1. The third kappa shape index (κ3) is 3.09. The van der Waals surface area contributed by atoms with Crippen LogP contribution in [0.15, 0.2) is 24.3 Å². The van der Waals surface area contributed by atoms with E-state index in [0.717, 1.165) is 32.0 Å². The third-order valence-corrected chi connectivity index (χ3v) is 5.23. The van der Waals surface area contributed by atoms with Crippen molar-refractivity contribution in [3.63, 3.8) is 0 Å². The van der Waals surface area contributed by atoms with Crippen LogP contribution < -0.4 is 10.2 Å². The maximum atomic E-state index is 5.29. The first kappa shape index (κ1) is 14.9. The second kappa shape index (κ2) is 5.98. The molecule has 0 radical (unpaired) electrons. The van der Waals surface area contributed by atoms with Gasteiger partial charge in [-0.15, -0.1) is 0 Å². The highest BCUT2D eigenvalue weighted by molar-refractivity contribution is 5.56. The van der Waals surface area contributed by atoms with Gasteiger partial charge in [-0.05, 0) is 50.7 Å². The summed E-state index contributed by atoms with van der Waals surface area (Å²) in [5.41, 5.74) is 3.06. The van der Waals surface area contributed by atoms with Crippen molar-refractivity contribution in [3.05, 3.63) is 29.8 Å². The summed E-state index contributed by atoms with van der Waals surface area (Å²) in [5, 5.41) is 3.84. The SMILES string of the molecule is COCCC(C)N1CC(C)(C2CC2)NCc2ccccc21. The number of nitrogens with one attached hydrogen (secondary N) is 1. The van der Waals surface area contributed by atoms with Crippen molar-refractivity contribution in [3.8, 4) is 0 Å². The standard InChI is InChI=1S/C18H28N2O/c1-14(10-11-21-3)20-13-18(2,16-8-9-16)19-12-15-6-4-5-7-17(15)20/h4-7,14,16,19H,8-13H2,1-3H3. The first-order valence-corrected chi connectivity index (χ1v) is 8.22. The van der Waals surface area contributed by atoms with E-state index in [0.29, 0.717) is 6.04 Å². The minimum absolute atomic E-state index is 0.236.